The van der Waals surface area contributed by atoms with Crippen LogP contribution >= 0.6 is 0 Å². The van der Waals surface area contributed by atoms with E-state index in [9.17, 15) is 0 Å². The van der Waals surface area contributed by atoms with Gasteiger partial charge in [0.25, 0.3) is 0 Å². The first-order chi connectivity index (χ1) is 14.8. The van der Waals surface area contributed by atoms with Gasteiger partial charge in [0, 0.05) is 13.1 Å². The van der Waals surface area contributed by atoms with Crippen LogP contribution in [0.25, 0.3) is 11.1 Å². The van der Waals surface area contributed by atoms with Crippen molar-refractivity contribution in [2.75, 3.05) is 19.8 Å². The van der Waals surface area contributed by atoms with E-state index in [0.717, 1.165) is 31.7 Å². The number of rotatable bonds is 8. The number of benzene rings is 3. The molecule has 0 amide bonds. The molecule has 3 aromatic rings. The van der Waals surface area contributed by atoms with Crippen LogP contribution in [0.2, 0.25) is 0 Å². The number of ether oxygens (including phenoxy) is 1. The molecule has 0 unspecified atom stereocenters. The molecule has 4 rings (SSSR count). The highest BCUT2D eigenvalue weighted by Crippen LogP contribution is 2.32. The van der Waals surface area contributed by atoms with Gasteiger partial charge < -0.3 is 4.74 Å². The van der Waals surface area contributed by atoms with Crippen LogP contribution in [-0.4, -0.2) is 24.7 Å². The van der Waals surface area contributed by atoms with Crippen molar-refractivity contribution in [3.63, 3.8) is 0 Å². The van der Waals surface area contributed by atoms with E-state index in [1.54, 1.807) is 0 Å². The Bertz CT molecular complexity index is 939. The predicted molar refractivity (Wildman–Crippen MR) is 126 cm³/mol. The SMILES string of the molecule is CC/C(=C(\Cc1ccccc1)c1ccccc1)c1ccc(OCN2CCCC2)cc1. The summed E-state index contributed by atoms with van der Waals surface area (Å²) in [4.78, 5) is 2.37. The quantitative estimate of drug-likeness (QED) is 0.393. The van der Waals surface area contributed by atoms with E-state index < -0.39 is 0 Å². The molecule has 0 saturated carbocycles. The minimum absolute atomic E-state index is 0.694. The lowest BCUT2D eigenvalue weighted by molar-refractivity contribution is 0.152. The fourth-order valence-corrected chi connectivity index (χ4v) is 4.24. The van der Waals surface area contributed by atoms with Crippen molar-refractivity contribution in [2.45, 2.75) is 32.6 Å². The van der Waals surface area contributed by atoms with Gasteiger partial charge in [0.05, 0.1) is 0 Å². The van der Waals surface area contributed by atoms with Gasteiger partial charge in [-0.05, 0) is 65.7 Å². The summed E-state index contributed by atoms with van der Waals surface area (Å²) in [5.41, 5.74) is 6.72. The highest BCUT2D eigenvalue weighted by atomic mass is 16.5. The van der Waals surface area contributed by atoms with Crippen LogP contribution in [0, 0.1) is 0 Å². The van der Waals surface area contributed by atoms with Gasteiger partial charge in [-0.1, -0.05) is 79.7 Å². The van der Waals surface area contributed by atoms with Crippen LogP contribution in [0.1, 0.15) is 42.9 Å². The van der Waals surface area contributed by atoms with Gasteiger partial charge in [-0.15, -0.1) is 0 Å². The molecule has 0 atom stereocenters. The molecule has 30 heavy (non-hydrogen) atoms. The number of nitrogens with zero attached hydrogens (tertiary/aromatic N) is 1. The lowest BCUT2D eigenvalue weighted by atomic mass is 9.89. The first kappa shape index (κ1) is 20.4. The molecule has 3 aromatic carbocycles. The molecule has 0 bridgehead atoms. The summed E-state index contributed by atoms with van der Waals surface area (Å²) in [6.07, 6.45) is 4.50. The van der Waals surface area contributed by atoms with E-state index in [0.29, 0.717) is 6.73 Å². The summed E-state index contributed by atoms with van der Waals surface area (Å²) in [5.74, 6) is 0.949. The molecule has 0 N–H and O–H groups in total. The summed E-state index contributed by atoms with van der Waals surface area (Å²) in [5, 5.41) is 0. The Balaban J connectivity index is 1.61. The summed E-state index contributed by atoms with van der Waals surface area (Å²) < 4.78 is 6.01. The largest absolute Gasteiger partial charge is 0.478 e. The Morgan fingerprint density at radius 1 is 0.733 bits per heavy atom. The van der Waals surface area contributed by atoms with Gasteiger partial charge in [-0.25, -0.2) is 0 Å². The molecular formula is C28H31NO. The third-order valence-electron chi connectivity index (χ3n) is 5.88. The molecule has 0 aliphatic carbocycles. The molecule has 0 spiro atoms. The number of allylic oxidation sites excluding steroid dienone is 2. The van der Waals surface area contributed by atoms with Gasteiger partial charge in [-0.3, -0.25) is 4.90 Å². The highest BCUT2D eigenvalue weighted by Gasteiger charge is 2.13. The molecule has 1 aliphatic rings. The van der Waals surface area contributed by atoms with Crippen LogP contribution in [0.3, 0.4) is 0 Å². The second-order valence-corrected chi connectivity index (χ2v) is 7.96. The zero-order valence-electron chi connectivity index (χ0n) is 17.9. The van der Waals surface area contributed by atoms with Gasteiger partial charge in [0.2, 0.25) is 0 Å². The lowest BCUT2D eigenvalue weighted by Gasteiger charge is -2.18. The van der Waals surface area contributed by atoms with E-state index in [1.807, 2.05) is 0 Å². The van der Waals surface area contributed by atoms with E-state index in [-0.39, 0.29) is 0 Å². The fourth-order valence-electron chi connectivity index (χ4n) is 4.24. The summed E-state index contributed by atoms with van der Waals surface area (Å²) in [6.45, 7) is 5.25. The van der Waals surface area contributed by atoms with Crippen molar-refractivity contribution in [3.8, 4) is 5.75 Å². The summed E-state index contributed by atoms with van der Waals surface area (Å²) in [7, 11) is 0. The Morgan fingerprint density at radius 3 is 1.97 bits per heavy atom. The Kier molecular flexibility index (Phi) is 6.99. The van der Waals surface area contributed by atoms with E-state index in [1.165, 1.54) is 40.7 Å². The van der Waals surface area contributed by atoms with Crippen molar-refractivity contribution in [2.24, 2.45) is 0 Å². The first-order valence-electron chi connectivity index (χ1n) is 11.1. The molecule has 2 nitrogen and oxygen atoms in total. The van der Waals surface area contributed by atoms with Crippen LogP contribution in [0.4, 0.5) is 0 Å². The minimum Gasteiger partial charge on any atom is -0.478 e. The van der Waals surface area contributed by atoms with Gasteiger partial charge >= 0.3 is 0 Å². The van der Waals surface area contributed by atoms with Gasteiger partial charge in [0.15, 0.2) is 0 Å². The average molecular weight is 398 g/mol. The van der Waals surface area contributed by atoms with Crippen LogP contribution in [0.5, 0.6) is 5.75 Å². The molecule has 154 valence electrons. The van der Waals surface area contributed by atoms with E-state index in [2.05, 4.69) is 96.8 Å². The van der Waals surface area contributed by atoms with E-state index in [4.69, 9.17) is 4.74 Å². The van der Waals surface area contributed by atoms with Crippen LogP contribution in [0.15, 0.2) is 84.9 Å². The summed E-state index contributed by atoms with van der Waals surface area (Å²) in [6, 6.07) is 30.2. The second kappa shape index (κ2) is 10.3. The maximum atomic E-state index is 6.01. The van der Waals surface area contributed by atoms with Crippen molar-refractivity contribution in [3.05, 3.63) is 102 Å². The first-order valence-corrected chi connectivity index (χ1v) is 11.1. The lowest BCUT2D eigenvalue weighted by Crippen LogP contribution is -2.24. The standard InChI is InChI=1S/C28H31NO/c1-2-27(25-15-17-26(18-16-25)30-22-29-19-9-10-20-29)28(24-13-7-4-8-14-24)21-23-11-5-3-6-12-23/h3-8,11-18H,2,9-10,19-22H2,1H3/b28-27-. The Hall–Kier alpha value is -2.84. The van der Waals surface area contributed by atoms with Gasteiger partial charge in [-0.2, -0.15) is 0 Å². The zero-order chi connectivity index (χ0) is 20.6. The van der Waals surface area contributed by atoms with Crippen LogP contribution < -0.4 is 4.74 Å². The highest BCUT2D eigenvalue weighted by molar-refractivity contribution is 5.91. The summed E-state index contributed by atoms with van der Waals surface area (Å²) >= 11 is 0. The van der Waals surface area contributed by atoms with Crippen molar-refractivity contribution >= 4 is 11.1 Å². The minimum atomic E-state index is 0.694. The Morgan fingerprint density at radius 2 is 1.33 bits per heavy atom. The fraction of sp³-hybridized carbons (Fsp3) is 0.286. The van der Waals surface area contributed by atoms with Crippen molar-refractivity contribution < 1.29 is 4.74 Å². The van der Waals surface area contributed by atoms with E-state index >= 15 is 0 Å². The van der Waals surface area contributed by atoms with Crippen molar-refractivity contribution in [1.29, 1.82) is 0 Å². The molecule has 1 heterocycles. The molecular weight excluding hydrogens is 366 g/mol. The van der Waals surface area contributed by atoms with Crippen molar-refractivity contribution in [1.82, 2.24) is 4.90 Å². The second-order valence-electron chi connectivity index (χ2n) is 7.96. The third kappa shape index (κ3) is 5.20. The zero-order valence-corrected chi connectivity index (χ0v) is 17.9. The number of hydrogen-bond donors (Lipinski definition) is 0. The van der Waals surface area contributed by atoms with Gasteiger partial charge in [0.1, 0.15) is 12.5 Å². The maximum Gasteiger partial charge on any atom is 0.142 e. The monoisotopic (exact) mass is 397 g/mol. The number of hydrogen-bond acceptors (Lipinski definition) is 2. The molecule has 1 fully saturated rings. The maximum absolute atomic E-state index is 6.01. The normalized spacial score (nSPS) is 15.1. The molecule has 0 radical (unpaired) electrons. The smallest absolute Gasteiger partial charge is 0.142 e. The molecule has 2 heteroatoms. The molecule has 1 aliphatic heterocycles. The average Bonchev–Trinajstić information content (AvgIpc) is 3.33. The molecule has 1 saturated heterocycles. The topological polar surface area (TPSA) is 12.5 Å². The Labute approximate surface area is 180 Å². The number of likely N-dealkylation sites (tertiary alicyclic amines) is 1. The third-order valence-corrected chi connectivity index (χ3v) is 5.88. The predicted octanol–water partition coefficient (Wildman–Crippen LogP) is 6.68. The molecule has 0 aromatic heterocycles. The van der Waals surface area contributed by atoms with Crippen LogP contribution in [-0.2, 0) is 6.42 Å².